The molecule has 0 bridgehead atoms. The summed E-state index contributed by atoms with van der Waals surface area (Å²) in [7, 11) is -2.23. The fourth-order valence-corrected chi connectivity index (χ4v) is 3.59. The molecule has 1 aromatic heterocycles. The summed E-state index contributed by atoms with van der Waals surface area (Å²) in [5.41, 5.74) is 0.376. The van der Waals surface area contributed by atoms with E-state index in [0.717, 1.165) is 12.1 Å². The number of benzene rings is 2. The monoisotopic (exact) mass is 421 g/mol. The molecule has 1 amide bonds. The van der Waals surface area contributed by atoms with Crippen molar-refractivity contribution in [2.75, 3.05) is 4.72 Å². The number of carbonyl (C=O) groups excluding carboxylic acids is 1. The number of aromatic amines is 1. The second-order valence-electron chi connectivity index (χ2n) is 5.83. The van der Waals surface area contributed by atoms with Crippen LogP contribution in [0.1, 0.15) is 16.2 Å². The van der Waals surface area contributed by atoms with Crippen molar-refractivity contribution in [3.63, 3.8) is 0 Å². The standard InChI is InChI=1S/C17H16FN5O3S2/c1-23-15(20-21-17(23)27)10-19-16(24)11-3-2-4-14(9-11)28(25,26)22-13-7-5-12(18)6-8-13/h2-9,22H,10H2,1H3,(H,19,24)(H,21,27). The topological polar surface area (TPSA) is 109 Å². The summed E-state index contributed by atoms with van der Waals surface area (Å²) in [4.78, 5) is 12.3. The minimum atomic E-state index is -3.94. The third-order valence-electron chi connectivity index (χ3n) is 3.88. The van der Waals surface area contributed by atoms with Crippen molar-refractivity contribution in [3.05, 3.63) is 70.5 Å². The van der Waals surface area contributed by atoms with Crippen LogP contribution in [0.25, 0.3) is 0 Å². The first-order chi connectivity index (χ1) is 13.3. The van der Waals surface area contributed by atoms with Crippen LogP contribution in [0.5, 0.6) is 0 Å². The van der Waals surface area contributed by atoms with Gasteiger partial charge in [-0.15, -0.1) is 0 Å². The highest BCUT2D eigenvalue weighted by Crippen LogP contribution is 2.17. The summed E-state index contributed by atoms with van der Waals surface area (Å²) in [6, 6.07) is 10.5. The number of amides is 1. The summed E-state index contributed by atoms with van der Waals surface area (Å²) in [5.74, 6) is -0.414. The van der Waals surface area contributed by atoms with Crippen LogP contribution in [-0.4, -0.2) is 29.1 Å². The first-order valence-corrected chi connectivity index (χ1v) is 9.92. The molecule has 0 aliphatic carbocycles. The van der Waals surface area contributed by atoms with Gasteiger partial charge in [0.2, 0.25) is 0 Å². The van der Waals surface area contributed by atoms with Gasteiger partial charge in [0.15, 0.2) is 10.6 Å². The van der Waals surface area contributed by atoms with Gasteiger partial charge in [0.1, 0.15) is 5.82 Å². The molecule has 0 fully saturated rings. The summed E-state index contributed by atoms with van der Waals surface area (Å²) in [5, 5.41) is 9.26. The lowest BCUT2D eigenvalue weighted by Crippen LogP contribution is -2.25. The Bertz CT molecular complexity index is 1170. The number of anilines is 1. The highest BCUT2D eigenvalue weighted by atomic mass is 32.2. The number of H-pyrrole nitrogens is 1. The maximum atomic E-state index is 13.0. The van der Waals surface area contributed by atoms with E-state index < -0.39 is 21.7 Å². The molecule has 0 spiro atoms. The summed E-state index contributed by atoms with van der Waals surface area (Å²) in [6.07, 6.45) is 0. The minimum absolute atomic E-state index is 0.0948. The summed E-state index contributed by atoms with van der Waals surface area (Å²) in [6.45, 7) is 0.118. The number of carbonyl (C=O) groups is 1. The van der Waals surface area contributed by atoms with Crippen LogP contribution in [-0.2, 0) is 23.6 Å². The Labute approximate surface area is 165 Å². The van der Waals surface area contributed by atoms with E-state index in [1.807, 2.05) is 0 Å². The Morgan fingerprint density at radius 2 is 1.96 bits per heavy atom. The zero-order valence-electron chi connectivity index (χ0n) is 14.6. The first kappa shape index (κ1) is 19.7. The molecule has 0 atom stereocenters. The smallest absolute Gasteiger partial charge is 0.261 e. The van der Waals surface area contributed by atoms with Gasteiger partial charge in [0.25, 0.3) is 15.9 Å². The van der Waals surface area contributed by atoms with E-state index in [1.54, 1.807) is 11.6 Å². The van der Waals surface area contributed by atoms with Gasteiger partial charge in [-0.25, -0.2) is 12.8 Å². The summed E-state index contributed by atoms with van der Waals surface area (Å²) >= 11 is 5.00. The molecule has 0 saturated heterocycles. The Morgan fingerprint density at radius 3 is 2.61 bits per heavy atom. The normalized spacial score (nSPS) is 11.2. The molecule has 3 rings (SSSR count). The molecule has 146 valence electrons. The molecule has 28 heavy (non-hydrogen) atoms. The number of nitrogens with one attached hydrogen (secondary N) is 3. The lowest BCUT2D eigenvalue weighted by Gasteiger charge is -2.10. The number of hydrogen-bond acceptors (Lipinski definition) is 5. The fourth-order valence-electron chi connectivity index (χ4n) is 2.34. The SMILES string of the molecule is Cn1c(CNC(=O)c2cccc(S(=O)(=O)Nc3ccc(F)cc3)c2)n[nH]c1=S. The van der Waals surface area contributed by atoms with Gasteiger partial charge >= 0.3 is 0 Å². The molecule has 0 aliphatic rings. The number of aromatic nitrogens is 3. The van der Waals surface area contributed by atoms with Gasteiger partial charge in [-0.05, 0) is 54.7 Å². The van der Waals surface area contributed by atoms with Crippen LogP contribution in [0, 0.1) is 10.6 Å². The molecule has 1 heterocycles. The molecule has 0 radical (unpaired) electrons. The second kappa shape index (κ2) is 7.90. The van der Waals surface area contributed by atoms with Crippen LogP contribution in [0.4, 0.5) is 10.1 Å². The average molecular weight is 421 g/mol. The van der Waals surface area contributed by atoms with E-state index in [0.29, 0.717) is 10.6 Å². The van der Waals surface area contributed by atoms with Crippen LogP contribution >= 0.6 is 12.2 Å². The van der Waals surface area contributed by atoms with E-state index in [-0.39, 0.29) is 22.7 Å². The van der Waals surface area contributed by atoms with Crippen LogP contribution in [0.3, 0.4) is 0 Å². The van der Waals surface area contributed by atoms with E-state index in [2.05, 4.69) is 20.2 Å². The van der Waals surface area contributed by atoms with Gasteiger partial charge in [0.05, 0.1) is 11.4 Å². The van der Waals surface area contributed by atoms with Crippen molar-refractivity contribution in [2.45, 2.75) is 11.4 Å². The maximum absolute atomic E-state index is 13.0. The Hall–Kier alpha value is -3.05. The molecule has 3 N–H and O–H groups in total. The van der Waals surface area contributed by atoms with Crippen molar-refractivity contribution in [2.24, 2.45) is 7.05 Å². The molecule has 2 aromatic carbocycles. The molecule has 0 aliphatic heterocycles. The zero-order valence-corrected chi connectivity index (χ0v) is 16.3. The lowest BCUT2D eigenvalue weighted by atomic mass is 10.2. The largest absolute Gasteiger partial charge is 0.345 e. The zero-order chi connectivity index (χ0) is 20.3. The van der Waals surface area contributed by atoms with Crippen molar-refractivity contribution < 1.29 is 17.6 Å². The summed E-state index contributed by atoms with van der Waals surface area (Å²) < 4.78 is 42.4. The number of sulfonamides is 1. The fraction of sp³-hybridized carbons (Fsp3) is 0.118. The molecule has 0 saturated carbocycles. The van der Waals surface area contributed by atoms with E-state index in [9.17, 15) is 17.6 Å². The van der Waals surface area contributed by atoms with E-state index >= 15 is 0 Å². The minimum Gasteiger partial charge on any atom is -0.345 e. The van der Waals surface area contributed by atoms with Gasteiger partial charge < -0.3 is 9.88 Å². The third-order valence-corrected chi connectivity index (χ3v) is 5.63. The Kier molecular flexibility index (Phi) is 5.56. The molecule has 0 unspecified atom stereocenters. The number of hydrogen-bond donors (Lipinski definition) is 3. The van der Waals surface area contributed by atoms with Crippen molar-refractivity contribution in [3.8, 4) is 0 Å². The van der Waals surface area contributed by atoms with Crippen molar-refractivity contribution >= 4 is 33.8 Å². The van der Waals surface area contributed by atoms with Gasteiger partial charge in [-0.3, -0.25) is 14.6 Å². The van der Waals surface area contributed by atoms with Gasteiger partial charge in [0, 0.05) is 18.3 Å². The molecular formula is C17H16FN5O3S2. The molecular weight excluding hydrogens is 405 g/mol. The first-order valence-electron chi connectivity index (χ1n) is 8.03. The quantitative estimate of drug-likeness (QED) is 0.530. The van der Waals surface area contributed by atoms with E-state index in [1.165, 1.54) is 36.4 Å². The average Bonchev–Trinajstić information content (AvgIpc) is 3.00. The number of rotatable bonds is 6. The maximum Gasteiger partial charge on any atom is 0.261 e. The predicted molar refractivity (Wildman–Crippen MR) is 103 cm³/mol. The molecule has 11 heteroatoms. The highest BCUT2D eigenvalue weighted by Gasteiger charge is 2.17. The van der Waals surface area contributed by atoms with Crippen LogP contribution in [0.15, 0.2) is 53.4 Å². The third kappa shape index (κ3) is 4.43. The second-order valence-corrected chi connectivity index (χ2v) is 7.90. The number of halogens is 1. The van der Waals surface area contributed by atoms with E-state index in [4.69, 9.17) is 12.2 Å². The number of nitrogens with zero attached hydrogens (tertiary/aromatic N) is 2. The van der Waals surface area contributed by atoms with Crippen LogP contribution in [0.2, 0.25) is 0 Å². The Morgan fingerprint density at radius 1 is 1.25 bits per heavy atom. The molecule has 3 aromatic rings. The highest BCUT2D eigenvalue weighted by molar-refractivity contribution is 7.92. The van der Waals surface area contributed by atoms with Gasteiger partial charge in [-0.1, -0.05) is 6.07 Å². The lowest BCUT2D eigenvalue weighted by molar-refractivity contribution is 0.0949. The van der Waals surface area contributed by atoms with Gasteiger partial charge in [-0.2, -0.15) is 5.10 Å². The van der Waals surface area contributed by atoms with Crippen molar-refractivity contribution in [1.29, 1.82) is 0 Å². The molecule has 8 nitrogen and oxygen atoms in total. The Balaban J connectivity index is 1.75. The predicted octanol–water partition coefficient (Wildman–Crippen LogP) is 2.35. The van der Waals surface area contributed by atoms with Crippen molar-refractivity contribution in [1.82, 2.24) is 20.1 Å². The van der Waals surface area contributed by atoms with Crippen LogP contribution < -0.4 is 10.0 Å².